The molecule has 0 unspecified atom stereocenters. The molecule has 0 radical (unpaired) electrons. The van der Waals surface area contributed by atoms with Crippen LogP contribution in [0.4, 0.5) is 0 Å². The molecule has 114 valence electrons. The maximum atomic E-state index is 13.2. The van der Waals surface area contributed by atoms with Crippen LogP contribution in [0.15, 0.2) is 24.3 Å². The fourth-order valence-electron chi connectivity index (χ4n) is 3.39. The number of nitrogens with zero attached hydrogens (tertiary/aromatic N) is 1. The Morgan fingerprint density at radius 3 is 2.38 bits per heavy atom. The zero-order chi connectivity index (χ0) is 14.7. The van der Waals surface area contributed by atoms with Crippen LogP contribution >= 0.6 is 0 Å². The van der Waals surface area contributed by atoms with Crippen molar-refractivity contribution in [2.45, 2.75) is 25.2 Å². The minimum absolute atomic E-state index is 0.288. The van der Waals surface area contributed by atoms with E-state index in [0.717, 1.165) is 44.6 Å². The van der Waals surface area contributed by atoms with Crippen molar-refractivity contribution in [2.75, 3.05) is 39.4 Å². The summed E-state index contributed by atoms with van der Waals surface area (Å²) in [5, 5.41) is 3.31. The average molecular weight is 288 g/mol. The van der Waals surface area contributed by atoms with Gasteiger partial charge < -0.3 is 15.0 Å². The third-order valence-corrected chi connectivity index (χ3v) is 4.76. The SMILES string of the molecule is Cc1ccc(C2(C(=O)N3CCNCC3)CCOCC2)cc1. The summed E-state index contributed by atoms with van der Waals surface area (Å²) in [5.74, 6) is 0.288. The molecule has 4 nitrogen and oxygen atoms in total. The Kier molecular flexibility index (Phi) is 4.27. The molecular formula is C17H24N2O2. The largest absolute Gasteiger partial charge is 0.381 e. The average Bonchev–Trinajstić information content (AvgIpc) is 2.56. The number of ether oxygens (including phenoxy) is 1. The van der Waals surface area contributed by atoms with Crippen molar-refractivity contribution in [3.05, 3.63) is 35.4 Å². The van der Waals surface area contributed by atoms with Crippen molar-refractivity contribution in [1.82, 2.24) is 10.2 Å². The summed E-state index contributed by atoms with van der Waals surface area (Å²) < 4.78 is 5.52. The van der Waals surface area contributed by atoms with Gasteiger partial charge in [0.25, 0.3) is 0 Å². The number of amides is 1. The smallest absolute Gasteiger partial charge is 0.233 e. The van der Waals surface area contributed by atoms with Gasteiger partial charge >= 0.3 is 0 Å². The molecular weight excluding hydrogens is 264 g/mol. The summed E-state index contributed by atoms with van der Waals surface area (Å²) in [6, 6.07) is 8.47. The van der Waals surface area contributed by atoms with Crippen LogP contribution < -0.4 is 5.32 Å². The highest BCUT2D eigenvalue weighted by Gasteiger charge is 2.44. The molecule has 2 heterocycles. The Labute approximate surface area is 126 Å². The molecule has 1 amide bonds. The van der Waals surface area contributed by atoms with Gasteiger partial charge in [-0.3, -0.25) is 4.79 Å². The molecule has 0 spiro atoms. The molecule has 0 atom stereocenters. The number of rotatable bonds is 2. The van der Waals surface area contributed by atoms with Crippen molar-refractivity contribution in [3.8, 4) is 0 Å². The molecule has 0 saturated carbocycles. The van der Waals surface area contributed by atoms with E-state index < -0.39 is 0 Å². The van der Waals surface area contributed by atoms with Crippen molar-refractivity contribution in [1.29, 1.82) is 0 Å². The molecule has 0 aromatic heterocycles. The van der Waals surface area contributed by atoms with Crippen LogP contribution in [0.5, 0.6) is 0 Å². The highest BCUT2D eigenvalue weighted by Crippen LogP contribution is 2.37. The summed E-state index contributed by atoms with van der Waals surface area (Å²) in [6.07, 6.45) is 1.58. The first-order valence-corrected chi connectivity index (χ1v) is 7.87. The van der Waals surface area contributed by atoms with Crippen LogP contribution in [0.2, 0.25) is 0 Å². The molecule has 0 aliphatic carbocycles. The second-order valence-electron chi connectivity index (χ2n) is 6.10. The van der Waals surface area contributed by atoms with E-state index in [-0.39, 0.29) is 11.3 Å². The maximum Gasteiger partial charge on any atom is 0.233 e. The normalized spacial score (nSPS) is 22.0. The first-order chi connectivity index (χ1) is 10.2. The number of aryl methyl sites for hydroxylation is 1. The summed E-state index contributed by atoms with van der Waals surface area (Å²) in [6.45, 7) is 6.84. The van der Waals surface area contributed by atoms with Gasteiger partial charge in [-0.15, -0.1) is 0 Å². The molecule has 2 aliphatic heterocycles. The first-order valence-electron chi connectivity index (χ1n) is 7.87. The van der Waals surface area contributed by atoms with Crippen LogP contribution in [-0.4, -0.2) is 50.2 Å². The Hall–Kier alpha value is -1.39. The van der Waals surface area contributed by atoms with Crippen LogP contribution in [0.1, 0.15) is 24.0 Å². The van der Waals surface area contributed by atoms with Gasteiger partial charge in [0.05, 0.1) is 5.41 Å². The van der Waals surface area contributed by atoms with E-state index in [0.29, 0.717) is 13.2 Å². The summed E-state index contributed by atoms with van der Waals surface area (Å²) >= 11 is 0. The second kappa shape index (κ2) is 6.16. The molecule has 1 aromatic carbocycles. The number of benzene rings is 1. The first kappa shape index (κ1) is 14.5. The highest BCUT2D eigenvalue weighted by atomic mass is 16.5. The fraction of sp³-hybridized carbons (Fsp3) is 0.588. The summed E-state index contributed by atoms with van der Waals surface area (Å²) in [7, 11) is 0. The summed E-state index contributed by atoms with van der Waals surface area (Å²) in [5.41, 5.74) is 2.00. The van der Waals surface area contributed by atoms with Crippen LogP contribution in [0.25, 0.3) is 0 Å². The lowest BCUT2D eigenvalue weighted by molar-refractivity contribution is -0.142. The number of hydrogen-bond acceptors (Lipinski definition) is 3. The lowest BCUT2D eigenvalue weighted by Gasteiger charge is -2.41. The van der Waals surface area contributed by atoms with Crippen LogP contribution in [-0.2, 0) is 14.9 Å². The molecule has 3 rings (SSSR count). The van der Waals surface area contributed by atoms with Gasteiger partial charge in [0.1, 0.15) is 0 Å². The second-order valence-corrected chi connectivity index (χ2v) is 6.10. The zero-order valence-electron chi connectivity index (χ0n) is 12.7. The standard InChI is InChI=1S/C17H24N2O2/c1-14-2-4-15(5-3-14)17(6-12-21-13-7-17)16(20)19-10-8-18-9-11-19/h2-5,18H,6-13H2,1H3. The van der Waals surface area contributed by atoms with Crippen LogP contribution in [0.3, 0.4) is 0 Å². The molecule has 0 bridgehead atoms. The quantitative estimate of drug-likeness (QED) is 0.896. The minimum Gasteiger partial charge on any atom is -0.381 e. The van der Waals surface area contributed by atoms with Gasteiger partial charge in [0.15, 0.2) is 0 Å². The molecule has 2 aliphatic rings. The number of nitrogens with one attached hydrogen (secondary N) is 1. The molecule has 4 heteroatoms. The Balaban J connectivity index is 1.92. The number of hydrogen-bond donors (Lipinski definition) is 1. The monoisotopic (exact) mass is 288 g/mol. The van der Waals surface area contributed by atoms with E-state index in [1.165, 1.54) is 5.56 Å². The van der Waals surface area contributed by atoms with Gasteiger partial charge in [0.2, 0.25) is 5.91 Å². The van der Waals surface area contributed by atoms with E-state index in [1.54, 1.807) is 0 Å². The van der Waals surface area contributed by atoms with Gasteiger partial charge in [-0.1, -0.05) is 29.8 Å². The topological polar surface area (TPSA) is 41.6 Å². The molecule has 1 N–H and O–H groups in total. The third-order valence-electron chi connectivity index (χ3n) is 4.76. The van der Waals surface area contributed by atoms with Crippen LogP contribution in [0, 0.1) is 6.92 Å². The lowest BCUT2D eigenvalue weighted by atomic mass is 9.72. The number of carbonyl (C=O) groups is 1. The number of piperazine rings is 1. The van der Waals surface area contributed by atoms with Crippen molar-refractivity contribution >= 4 is 5.91 Å². The Morgan fingerprint density at radius 2 is 1.76 bits per heavy atom. The molecule has 2 fully saturated rings. The molecule has 1 aromatic rings. The Bertz CT molecular complexity index is 486. The lowest BCUT2D eigenvalue weighted by Crippen LogP contribution is -2.55. The van der Waals surface area contributed by atoms with Crippen molar-refractivity contribution in [3.63, 3.8) is 0 Å². The Morgan fingerprint density at radius 1 is 1.14 bits per heavy atom. The third kappa shape index (κ3) is 2.83. The fourth-order valence-corrected chi connectivity index (χ4v) is 3.39. The number of carbonyl (C=O) groups excluding carboxylic acids is 1. The van der Waals surface area contributed by atoms with E-state index in [2.05, 4.69) is 36.5 Å². The van der Waals surface area contributed by atoms with Crippen molar-refractivity contribution < 1.29 is 9.53 Å². The minimum atomic E-state index is -0.386. The van der Waals surface area contributed by atoms with Crippen molar-refractivity contribution in [2.24, 2.45) is 0 Å². The van der Waals surface area contributed by atoms with Gasteiger partial charge in [0, 0.05) is 39.4 Å². The van der Waals surface area contributed by atoms with E-state index in [1.807, 2.05) is 4.90 Å². The van der Waals surface area contributed by atoms with Gasteiger partial charge in [-0.2, -0.15) is 0 Å². The zero-order valence-corrected chi connectivity index (χ0v) is 12.7. The summed E-state index contributed by atoms with van der Waals surface area (Å²) in [4.78, 5) is 15.2. The van der Waals surface area contributed by atoms with Gasteiger partial charge in [-0.25, -0.2) is 0 Å². The van der Waals surface area contributed by atoms with E-state index in [4.69, 9.17) is 4.74 Å². The molecule has 21 heavy (non-hydrogen) atoms. The molecule has 2 saturated heterocycles. The predicted octanol–water partition coefficient (Wildman–Crippen LogP) is 1.48. The van der Waals surface area contributed by atoms with E-state index in [9.17, 15) is 4.79 Å². The predicted molar refractivity (Wildman–Crippen MR) is 82.4 cm³/mol. The van der Waals surface area contributed by atoms with E-state index >= 15 is 0 Å². The van der Waals surface area contributed by atoms with Gasteiger partial charge in [-0.05, 0) is 25.3 Å². The maximum absolute atomic E-state index is 13.2. The highest BCUT2D eigenvalue weighted by molar-refractivity contribution is 5.88.